The van der Waals surface area contributed by atoms with Crippen molar-refractivity contribution in [2.24, 2.45) is 4.99 Å². The molecule has 122 valence electrons. The highest BCUT2D eigenvalue weighted by atomic mass is 79.9. The van der Waals surface area contributed by atoms with Crippen LogP contribution >= 0.6 is 15.9 Å². The van der Waals surface area contributed by atoms with Crippen molar-refractivity contribution in [3.63, 3.8) is 0 Å². The van der Waals surface area contributed by atoms with Gasteiger partial charge in [0.15, 0.2) is 5.96 Å². The van der Waals surface area contributed by atoms with Crippen LogP contribution in [0.4, 0.5) is 0 Å². The van der Waals surface area contributed by atoms with E-state index in [4.69, 9.17) is 9.47 Å². The quantitative estimate of drug-likeness (QED) is 0.439. The summed E-state index contributed by atoms with van der Waals surface area (Å²) in [6.07, 6.45) is 2.26. The van der Waals surface area contributed by atoms with Crippen LogP contribution in [0.15, 0.2) is 33.7 Å². The van der Waals surface area contributed by atoms with Crippen LogP contribution in [0.5, 0.6) is 0 Å². The Labute approximate surface area is 140 Å². The second-order valence-corrected chi connectivity index (χ2v) is 6.10. The highest BCUT2D eigenvalue weighted by molar-refractivity contribution is 9.10. The molecule has 1 aliphatic rings. The number of nitrogens with one attached hydrogen (secondary N) is 2. The maximum atomic E-state index is 5.73. The smallest absolute Gasteiger partial charge is 0.191 e. The lowest BCUT2D eigenvalue weighted by Gasteiger charge is -2.13. The molecule has 1 saturated heterocycles. The van der Waals surface area contributed by atoms with Crippen molar-refractivity contribution in [2.45, 2.75) is 25.5 Å². The van der Waals surface area contributed by atoms with Crippen molar-refractivity contribution in [3.05, 3.63) is 34.3 Å². The van der Waals surface area contributed by atoms with Crippen LogP contribution in [0, 0.1) is 0 Å². The summed E-state index contributed by atoms with van der Waals surface area (Å²) in [7, 11) is 1.78. The Hall–Kier alpha value is -1.11. The van der Waals surface area contributed by atoms with Crippen molar-refractivity contribution in [1.82, 2.24) is 10.6 Å². The van der Waals surface area contributed by atoms with E-state index in [0.29, 0.717) is 0 Å². The van der Waals surface area contributed by atoms with Gasteiger partial charge in [-0.25, -0.2) is 0 Å². The summed E-state index contributed by atoms with van der Waals surface area (Å²) < 4.78 is 12.1. The number of halogens is 1. The summed E-state index contributed by atoms with van der Waals surface area (Å²) in [5, 5.41) is 6.59. The van der Waals surface area contributed by atoms with E-state index < -0.39 is 0 Å². The first-order valence-corrected chi connectivity index (χ1v) is 8.45. The molecule has 0 aromatic heterocycles. The van der Waals surface area contributed by atoms with E-state index in [-0.39, 0.29) is 6.10 Å². The second kappa shape index (κ2) is 9.82. The molecule has 22 heavy (non-hydrogen) atoms. The van der Waals surface area contributed by atoms with Crippen LogP contribution in [0.1, 0.15) is 18.4 Å². The van der Waals surface area contributed by atoms with Crippen molar-refractivity contribution in [2.75, 3.05) is 33.4 Å². The third kappa shape index (κ3) is 6.34. The predicted molar refractivity (Wildman–Crippen MR) is 92.1 cm³/mol. The van der Waals surface area contributed by atoms with Gasteiger partial charge in [0.25, 0.3) is 0 Å². The molecule has 1 unspecified atom stereocenters. The van der Waals surface area contributed by atoms with E-state index in [0.717, 1.165) is 56.2 Å². The normalized spacial score (nSPS) is 18.5. The Kier molecular flexibility index (Phi) is 7.70. The zero-order chi connectivity index (χ0) is 15.6. The summed E-state index contributed by atoms with van der Waals surface area (Å²) in [5.74, 6) is 0.812. The summed E-state index contributed by atoms with van der Waals surface area (Å²) in [5.41, 5.74) is 1.22. The number of rotatable bonds is 7. The van der Waals surface area contributed by atoms with Gasteiger partial charge < -0.3 is 20.1 Å². The van der Waals surface area contributed by atoms with Gasteiger partial charge in [-0.05, 0) is 30.5 Å². The molecule has 2 N–H and O–H groups in total. The van der Waals surface area contributed by atoms with Crippen LogP contribution in [-0.4, -0.2) is 45.5 Å². The summed E-state index contributed by atoms with van der Waals surface area (Å²) in [6.45, 7) is 3.92. The minimum atomic E-state index is 0.287. The Bertz CT molecular complexity index is 459. The van der Waals surface area contributed by atoms with Gasteiger partial charge in [0.2, 0.25) is 0 Å². The molecule has 0 amide bonds. The fourth-order valence-electron chi connectivity index (χ4n) is 2.18. The summed E-state index contributed by atoms with van der Waals surface area (Å²) >= 11 is 3.44. The van der Waals surface area contributed by atoms with Crippen LogP contribution in [0.25, 0.3) is 0 Å². The minimum absolute atomic E-state index is 0.287. The highest BCUT2D eigenvalue weighted by Crippen LogP contribution is 2.10. The van der Waals surface area contributed by atoms with Crippen LogP contribution < -0.4 is 10.6 Å². The lowest BCUT2D eigenvalue weighted by atomic mass is 10.2. The molecule has 0 bridgehead atoms. The first kappa shape index (κ1) is 17.2. The second-order valence-electron chi connectivity index (χ2n) is 5.19. The Balaban J connectivity index is 1.57. The summed E-state index contributed by atoms with van der Waals surface area (Å²) in [6, 6.07) is 8.25. The van der Waals surface area contributed by atoms with Gasteiger partial charge in [0.05, 0.1) is 12.7 Å². The molecule has 0 radical (unpaired) electrons. The van der Waals surface area contributed by atoms with Gasteiger partial charge in [-0.1, -0.05) is 28.1 Å². The molecule has 1 aromatic carbocycles. The van der Waals surface area contributed by atoms with E-state index in [2.05, 4.69) is 43.7 Å². The minimum Gasteiger partial charge on any atom is -0.379 e. The average molecular weight is 370 g/mol. The fourth-order valence-corrected chi connectivity index (χ4v) is 2.45. The molecule has 2 rings (SSSR count). The molecule has 1 aliphatic heterocycles. The van der Waals surface area contributed by atoms with E-state index in [1.165, 1.54) is 5.56 Å². The molecule has 1 atom stereocenters. The number of guanidine groups is 1. The van der Waals surface area contributed by atoms with Gasteiger partial charge in [0, 0.05) is 37.8 Å². The predicted octanol–water partition coefficient (Wildman–Crippen LogP) is 2.31. The zero-order valence-electron chi connectivity index (χ0n) is 13.0. The molecule has 1 aromatic rings. The average Bonchev–Trinajstić information content (AvgIpc) is 3.05. The van der Waals surface area contributed by atoms with Gasteiger partial charge >= 0.3 is 0 Å². The largest absolute Gasteiger partial charge is 0.379 e. The molecular formula is C16H24BrN3O2. The molecule has 5 nitrogen and oxygen atoms in total. The molecule has 0 saturated carbocycles. The van der Waals surface area contributed by atoms with E-state index in [1.54, 1.807) is 7.05 Å². The zero-order valence-corrected chi connectivity index (χ0v) is 14.6. The van der Waals surface area contributed by atoms with Crippen molar-refractivity contribution in [1.29, 1.82) is 0 Å². The van der Waals surface area contributed by atoms with E-state index >= 15 is 0 Å². The topological polar surface area (TPSA) is 54.9 Å². The van der Waals surface area contributed by atoms with Gasteiger partial charge in [-0.15, -0.1) is 0 Å². The fraction of sp³-hybridized carbons (Fsp3) is 0.562. The lowest BCUT2D eigenvalue weighted by Crippen LogP contribution is -2.37. The Morgan fingerprint density at radius 2 is 2.18 bits per heavy atom. The molecule has 6 heteroatoms. The van der Waals surface area contributed by atoms with Gasteiger partial charge in [-0.2, -0.15) is 0 Å². The van der Waals surface area contributed by atoms with E-state index in [9.17, 15) is 0 Å². The molecular weight excluding hydrogens is 346 g/mol. The number of hydrogen-bond acceptors (Lipinski definition) is 3. The third-order valence-corrected chi connectivity index (χ3v) is 3.98. The van der Waals surface area contributed by atoms with Crippen LogP contribution in [0.3, 0.4) is 0 Å². The lowest BCUT2D eigenvalue weighted by molar-refractivity contribution is 0.0420. The molecule has 0 aliphatic carbocycles. The van der Waals surface area contributed by atoms with Crippen LogP contribution in [-0.2, 0) is 16.0 Å². The van der Waals surface area contributed by atoms with Gasteiger partial charge in [-0.3, -0.25) is 4.99 Å². The van der Waals surface area contributed by atoms with Crippen molar-refractivity contribution < 1.29 is 9.47 Å². The van der Waals surface area contributed by atoms with Crippen molar-refractivity contribution >= 4 is 21.9 Å². The Morgan fingerprint density at radius 1 is 1.36 bits per heavy atom. The van der Waals surface area contributed by atoms with Crippen molar-refractivity contribution in [3.8, 4) is 0 Å². The maximum absolute atomic E-state index is 5.73. The number of hydrogen-bond donors (Lipinski definition) is 2. The first-order valence-electron chi connectivity index (χ1n) is 7.66. The molecule has 1 fully saturated rings. The standard InChI is InChI=1S/C16H24BrN3O2/c1-18-16(20-11-13-3-5-14(17)6-4-13)19-8-2-9-22-15-7-10-21-12-15/h3-6,15H,2,7-12H2,1H3,(H2,18,19,20). The van der Waals surface area contributed by atoms with E-state index in [1.807, 2.05) is 12.1 Å². The monoisotopic (exact) mass is 369 g/mol. The molecule has 1 heterocycles. The first-order chi connectivity index (χ1) is 10.8. The number of aliphatic imine (C=N–C) groups is 1. The SMILES string of the molecule is CN=C(NCCCOC1CCOC1)NCc1ccc(Br)cc1. The number of benzene rings is 1. The highest BCUT2D eigenvalue weighted by Gasteiger charge is 2.15. The number of nitrogens with zero attached hydrogens (tertiary/aromatic N) is 1. The van der Waals surface area contributed by atoms with Gasteiger partial charge in [0.1, 0.15) is 0 Å². The third-order valence-electron chi connectivity index (χ3n) is 3.45. The van der Waals surface area contributed by atoms with Crippen LogP contribution in [0.2, 0.25) is 0 Å². The Morgan fingerprint density at radius 3 is 2.86 bits per heavy atom. The maximum Gasteiger partial charge on any atom is 0.191 e. The summed E-state index contributed by atoms with van der Waals surface area (Å²) in [4.78, 5) is 4.22. The number of ether oxygens (including phenoxy) is 2. The molecule has 0 spiro atoms.